The Morgan fingerprint density at radius 1 is 1.30 bits per heavy atom. The first kappa shape index (κ1) is 13.3. The van der Waals surface area contributed by atoms with E-state index in [4.69, 9.17) is 4.74 Å². The molecule has 0 saturated carbocycles. The zero-order valence-electron chi connectivity index (χ0n) is 11.7. The van der Waals surface area contributed by atoms with Crippen LogP contribution in [0.4, 0.5) is 0 Å². The van der Waals surface area contributed by atoms with Gasteiger partial charge < -0.3 is 4.74 Å². The predicted octanol–water partition coefficient (Wildman–Crippen LogP) is 0.184. The third-order valence-electron chi connectivity index (χ3n) is 3.49. The SMILES string of the molecule is Cc1cnn(C[C@@H]2CN(CCn3cncn3)CCO2)c1. The molecule has 7 heteroatoms. The van der Waals surface area contributed by atoms with Crippen LogP contribution in [-0.4, -0.2) is 61.8 Å². The molecule has 2 aromatic heterocycles. The van der Waals surface area contributed by atoms with Crippen molar-refractivity contribution in [3.05, 3.63) is 30.6 Å². The molecule has 0 amide bonds. The Labute approximate surface area is 118 Å². The van der Waals surface area contributed by atoms with Crippen LogP contribution in [0.15, 0.2) is 25.0 Å². The van der Waals surface area contributed by atoms with E-state index in [1.807, 2.05) is 15.6 Å². The van der Waals surface area contributed by atoms with Crippen molar-refractivity contribution >= 4 is 0 Å². The van der Waals surface area contributed by atoms with Gasteiger partial charge in [0.15, 0.2) is 0 Å². The second-order valence-electron chi connectivity index (χ2n) is 5.19. The van der Waals surface area contributed by atoms with Crippen molar-refractivity contribution in [3.63, 3.8) is 0 Å². The fourth-order valence-corrected chi connectivity index (χ4v) is 2.46. The molecule has 1 aliphatic heterocycles. The number of hydrogen-bond acceptors (Lipinski definition) is 5. The molecule has 0 aromatic carbocycles. The van der Waals surface area contributed by atoms with Crippen molar-refractivity contribution in [1.29, 1.82) is 0 Å². The van der Waals surface area contributed by atoms with Crippen molar-refractivity contribution in [3.8, 4) is 0 Å². The highest BCUT2D eigenvalue weighted by Crippen LogP contribution is 2.08. The van der Waals surface area contributed by atoms with E-state index in [-0.39, 0.29) is 6.10 Å². The maximum Gasteiger partial charge on any atom is 0.137 e. The lowest BCUT2D eigenvalue weighted by molar-refractivity contribution is -0.0384. The molecule has 7 nitrogen and oxygen atoms in total. The third kappa shape index (κ3) is 3.43. The van der Waals surface area contributed by atoms with Gasteiger partial charge in [0.25, 0.3) is 0 Å². The number of nitrogens with zero attached hydrogens (tertiary/aromatic N) is 6. The highest BCUT2D eigenvalue weighted by atomic mass is 16.5. The molecule has 1 atom stereocenters. The van der Waals surface area contributed by atoms with Crippen LogP contribution in [0.3, 0.4) is 0 Å². The molecule has 0 bridgehead atoms. The monoisotopic (exact) mass is 276 g/mol. The summed E-state index contributed by atoms with van der Waals surface area (Å²) >= 11 is 0. The summed E-state index contributed by atoms with van der Waals surface area (Å²) in [5.41, 5.74) is 1.18. The fourth-order valence-electron chi connectivity index (χ4n) is 2.46. The first-order chi connectivity index (χ1) is 9.79. The second kappa shape index (κ2) is 6.15. The second-order valence-corrected chi connectivity index (χ2v) is 5.19. The van der Waals surface area contributed by atoms with E-state index in [1.54, 1.807) is 12.7 Å². The van der Waals surface area contributed by atoms with Gasteiger partial charge in [0.1, 0.15) is 12.7 Å². The van der Waals surface area contributed by atoms with Gasteiger partial charge in [-0.1, -0.05) is 0 Å². The normalized spacial score (nSPS) is 20.4. The Morgan fingerprint density at radius 3 is 3.00 bits per heavy atom. The Balaban J connectivity index is 1.48. The minimum absolute atomic E-state index is 0.207. The van der Waals surface area contributed by atoms with Gasteiger partial charge in [0, 0.05) is 25.8 Å². The molecule has 0 N–H and O–H groups in total. The molecule has 0 unspecified atom stereocenters. The average molecular weight is 276 g/mol. The molecule has 0 radical (unpaired) electrons. The van der Waals surface area contributed by atoms with Crippen LogP contribution in [0, 0.1) is 6.92 Å². The van der Waals surface area contributed by atoms with Crippen molar-refractivity contribution in [1.82, 2.24) is 29.4 Å². The van der Waals surface area contributed by atoms with Gasteiger partial charge in [-0.25, -0.2) is 4.98 Å². The number of ether oxygens (including phenoxy) is 1. The lowest BCUT2D eigenvalue weighted by atomic mass is 10.2. The van der Waals surface area contributed by atoms with Gasteiger partial charge in [0.05, 0.1) is 32.0 Å². The van der Waals surface area contributed by atoms with Crippen molar-refractivity contribution in [2.45, 2.75) is 26.1 Å². The van der Waals surface area contributed by atoms with Crippen LogP contribution in [0.5, 0.6) is 0 Å². The molecule has 1 saturated heterocycles. The van der Waals surface area contributed by atoms with E-state index in [1.165, 1.54) is 5.56 Å². The number of morpholine rings is 1. The fraction of sp³-hybridized carbons (Fsp3) is 0.615. The lowest BCUT2D eigenvalue weighted by Gasteiger charge is -2.32. The molecular weight excluding hydrogens is 256 g/mol. The van der Waals surface area contributed by atoms with Gasteiger partial charge in [-0.2, -0.15) is 10.2 Å². The van der Waals surface area contributed by atoms with Crippen molar-refractivity contribution < 1.29 is 4.74 Å². The Hall–Kier alpha value is -1.73. The van der Waals surface area contributed by atoms with E-state index in [0.29, 0.717) is 0 Å². The molecule has 1 aliphatic rings. The zero-order chi connectivity index (χ0) is 13.8. The Kier molecular flexibility index (Phi) is 4.08. The van der Waals surface area contributed by atoms with Crippen molar-refractivity contribution in [2.75, 3.05) is 26.2 Å². The van der Waals surface area contributed by atoms with E-state index in [2.05, 4.69) is 33.2 Å². The summed E-state index contributed by atoms with van der Waals surface area (Å²) in [7, 11) is 0. The van der Waals surface area contributed by atoms with Gasteiger partial charge >= 0.3 is 0 Å². The number of aromatic nitrogens is 5. The van der Waals surface area contributed by atoms with Crippen LogP contribution in [-0.2, 0) is 17.8 Å². The summed E-state index contributed by atoms with van der Waals surface area (Å²) in [5, 5.41) is 8.44. The molecule has 0 spiro atoms. The smallest absolute Gasteiger partial charge is 0.137 e. The van der Waals surface area contributed by atoms with Crippen molar-refractivity contribution in [2.24, 2.45) is 0 Å². The predicted molar refractivity (Wildman–Crippen MR) is 73.2 cm³/mol. The number of hydrogen-bond donors (Lipinski definition) is 0. The summed E-state index contributed by atoms with van der Waals surface area (Å²) in [4.78, 5) is 6.37. The first-order valence-corrected chi connectivity index (χ1v) is 6.95. The summed E-state index contributed by atoms with van der Waals surface area (Å²) in [6.07, 6.45) is 7.47. The minimum atomic E-state index is 0.207. The quantitative estimate of drug-likeness (QED) is 0.780. The Bertz CT molecular complexity index is 523. The molecule has 0 aliphatic carbocycles. The summed E-state index contributed by atoms with van der Waals surface area (Å²) < 4.78 is 9.64. The van der Waals surface area contributed by atoms with Crippen LogP contribution in [0.25, 0.3) is 0 Å². The molecule has 108 valence electrons. The largest absolute Gasteiger partial charge is 0.374 e. The van der Waals surface area contributed by atoms with Gasteiger partial charge in [-0.05, 0) is 12.5 Å². The van der Waals surface area contributed by atoms with Crippen LogP contribution >= 0.6 is 0 Å². The molecular formula is C13H20N6O. The topological polar surface area (TPSA) is 61.0 Å². The molecule has 3 heterocycles. The summed E-state index contributed by atoms with van der Waals surface area (Å²) in [6, 6.07) is 0. The zero-order valence-corrected chi connectivity index (χ0v) is 11.7. The number of aryl methyl sites for hydroxylation is 1. The summed E-state index contributed by atoms with van der Waals surface area (Å²) in [5.74, 6) is 0. The Morgan fingerprint density at radius 2 is 2.25 bits per heavy atom. The molecule has 20 heavy (non-hydrogen) atoms. The van der Waals surface area contributed by atoms with Gasteiger partial charge in [-0.15, -0.1) is 0 Å². The first-order valence-electron chi connectivity index (χ1n) is 6.95. The molecule has 3 rings (SSSR count). The maximum atomic E-state index is 5.82. The molecule has 2 aromatic rings. The highest BCUT2D eigenvalue weighted by Gasteiger charge is 2.20. The van der Waals surface area contributed by atoms with Crippen LogP contribution in [0.2, 0.25) is 0 Å². The van der Waals surface area contributed by atoms with E-state index < -0.39 is 0 Å². The van der Waals surface area contributed by atoms with E-state index in [0.717, 1.165) is 39.3 Å². The van der Waals surface area contributed by atoms with Crippen LogP contribution < -0.4 is 0 Å². The van der Waals surface area contributed by atoms with Gasteiger partial charge in [-0.3, -0.25) is 14.3 Å². The standard InChI is InChI=1S/C13H20N6O/c1-12-6-15-19(7-12)9-13-8-17(4-5-20-13)2-3-18-11-14-10-16-18/h6-7,10-11,13H,2-5,8-9H2,1H3/t13-/m0/s1. The molecule has 1 fully saturated rings. The van der Waals surface area contributed by atoms with Gasteiger partial charge in [0.2, 0.25) is 0 Å². The lowest BCUT2D eigenvalue weighted by Crippen LogP contribution is -2.45. The van der Waals surface area contributed by atoms with E-state index >= 15 is 0 Å². The minimum Gasteiger partial charge on any atom is -0.374 e. The van der Waals surface area contributed by atoms with E-state index in [9.17, 15) is 0 Å². The maximum absolute atomic E-state index is 5.82. The van der Waals surface area contributed by atoms with Crippen LogP contribution in [0.1, 0.15) is 5.56 Å². The highest BCUT2D eigenvalue weighted by molar-refractivity contribution is 4.99. The number of rotatable bonds is 5. The third-order valence-corrected chi connectivity index (χ3v) is 3.49. The average Bonchev–Trinajstić information content (AvgIpc) is 3.09. The summed E-state index contributed by atoms with van der Waals surface area (Å²) in [6.45, 7) is 7.40.